The maximum absolute atomic E-state index is 10.4. The Morgan fingerprint density at radius 2 is 1.56 bits per heavy atom. The van der Waals surface area contributed by atoms with Crippen LogP contribution in [0.3, 0.4) is 0 Å². The first-order valence-corrected chi connectivity index (χ1v) is 12.2. The van der Waals surface area contributed by atoms with E-state index in [4.69, 9.17) is 9.47 Å². The fraction of sp³-hybridized carbons (Fsp3) is 0.259. The molecule has 1 fully saturated rings. The van der Waals surface area contributed by atoms with Crippen LogP contribution in [0, 0.1) is 0 Å². The van der Waals surface area contributed by atoms with E-state index in [1.165, 1.54) is 25.3 Å². The van der Waals surface area contributed by atoms with Gasteiger partial charge in [0, 0.05) is 27.8 Å². The first kappa shape index (κ1) is 24.2. The maximum Gasteiger partial charge on any atom is 0.169 e. The van der Waals surface area contributed by atoms with Gasteiger partial charge in [0.05, 0.1) is 0 Å². The molecule has 2 heterocycles. The van der Waals surface area contributed by atoms with E-state index in [0.717, 1.165) is 40.3 Å². The SMILES string of the molecule is Cl.Oc1cc(O)c(-c2cc3ccccc3s2)cc1Oc1ccc(OCCN2CCCCC2)cc1. The first-order chi connectivity index (χ1) is 16.2. The van der Waals surface area contributed by atoms with Crippen LogP contribution in [0.4, 0.5) is 0 Å². The van der Waals surface area contributed by atoms with Gasteiger partial charge in [-0.1, -0.05) is 24.6 Å². The molecular formula is C27H28ClNO4S. The van der Waals surface area contributed by atoms with Gasteiger partial charge in [-0.05, 0) is 73.8 Å². The average Bonchev–Trinajstić information content (AvgIpc) is 3.26. The highest BCUT2D eigenvalue weighted by Gasteiger charge is 2.15. The molecular weight excluding hydrogens is 470 g/mol. The lowest BCUT2D eigenvalue weighted by atomic mass is 10.1. The predicted octanol–water partition coefficient (Wildman–Crippen LogP) is 7.06. The average molecular weight is 498 g/mol. The lowest BCUT2D eigenvalue weighted by molar-refractivity contribution is 0.183. The lowest BCUT2D eigenvalue weighted by Crippen LogP contribution is -2.33. The van der Waals surface area contributed by atoms with Crippen LogP contribution in [-0.4, -0.2) is 41.4 Å². The van der Waals surface area contributed by atoms with Gasteiger partial charge in [0.2, 0.25) is 0 Å². The van der Waals surface area contributed by atoms with Crippen molar-refractivity contribution in [2.45, 2.75) is 19.3 Å². The number of phenolic OH excluding ortho intramolecular Hbond substituents is 2. The number of hydrogen-bond donors (Lipinski definition) is 2. The monoisotopic (exact) mass is 497 g/mol. The van der Waals surface area contributed by atoms with Gasteiger partial charge >= 0.3 is 0 Å². The molecule has 0 aliphatic carbocycles. The van der Waals surface area contributed by atoms with Crippen LogP contribution in [0.5, 0.6) is 28.7 Å². The quantitative estimate of drug-likeness (QED) is 0.286. The van der Waals surface area contributed by atoms with Crippen LogP contribution < -0.4 is 9.47 Å². The van der Waals surface area contributed by atoms with Crippen molar-refractivity contribution < 1.29 is 19.7 Å². The van der Waals surface area contributed by atoms with Crippen molar-refractivity contribution in [3.63, 3.8) is 0 Å². The van der Waals surface area contributed by atoms with Crippen LogP contribution >= 0.6 is 23.7 Å². The molecule has 1 saturated heterocycles. The molecule has 1 aliphatic rings. The largest absolute Gasteiger partial charge is 0.507 e. The zero-order chi connectivity index (χ0) is 22.6. The molecule has 7 heteroatoms. The van der Waals surface area contributed by atoms with Crippen molar-refractivity contribution in [1.82, 2.24) is 4.90 Å². The number of halogens is 1. The van der Waals surface area contributed by atoms with Gasteiger partial charge in [0.15, 0.2) is 11.5 Å². The van der Waals surface area contributed by atoms with Crippen LogP contribution in [0.2, 0.25) is 0 Å². The minimum Gasteiger partial charge on any atom is -0.507 e. The highest BCUT2D eigenvalue weighted by atomic mass is 35.5. The Bertz CT molecular complexity index is 1200. The molecule has 178 valence electrons. The number of piperidine rings is 1. The molecule has 34 heavy (non-hydrogen) atoms. The van der Waals surface area contributed by atoms with Crippen molar-refractivity contribution in [1.29, 1.82) is 0 Å². The third kappa shape index (κ3) is 5.58. The van der Waals surface area contributed by atoms with Gasteiger partial charge < -0.3 is 19.7 Å². The standard InChI is InChI=1S/C27H27NO4S.ClH/c29-23-18-24(30)25(17-22(23)27-16-19-6-2-3-7-26(19)33-27)32-21-10-8-20(9-11-21)31-15-14-28-12-4-1-5-13-28;/h2-3,6-11,16-18,29-30H,1,4-5,12-15H2;1H. The molecule has 0 unspecified atom stereocenters. The zero-order valence-electron chi connectivity index (χ0n) is 18.8. The van der Waals surface area contributed by atoms with Crippen LogP contribution in [0.15, 0.2) is 66.7 Å². The summed E-state index contributed by atoms with van der Waals surface area (Å²) in [6.07, 6.45) is 3.89. The third-order valence-corrected chi connectivity index (χ3v) is 7.09. The number of ether oxygens (including phenoxy) is 2. The second-order valence-corrected chi connectivity index (χ2v) is 9.39. The third-order valence-electron chi connectivity index (χ3n) is 5.94. The molecule has 1 aliphatic heterocycles. The second kappa shape index (κ2) is 11.0. The van der Waals surface area contributed by atoms with E-state index in [1.54, 1.807) is 17.4 Å². The molecule has 4 aromatic rings. The summed E-state index contributed by atoms with van der Waals surface area (Å²) < 4.78 is 13.0. The zero-order valence-corrected chi connectivity index (χ0v) is 20.4. The molecule has 0 atom stereocenters. The number of aromatic hydroxyl groups is 2. The van der Waals surface area contributed by atoms with E-state index in [-0.39, 0.29) is 23.9 Å². The Kier molecular flexibility index (Phi) is 7.83. The van der Waals surface area contributed by atoms with Crippen molar-refractivity contribution in [2.75, 3.05) is 26.2 Å². The smallest absolute Gasteiger partial charge is 0.169 e. The van der Waals surface area contributed by atoms with E-state index < -0.39 is 0 Å². The van der Waals surface area contributed by atoms with E-state index in [2.05, 4.69) is 11.0 Å². The van der Waals surface area contributed by atoms with Gasteiger partial charge in [0.25, 0.3) is 0 Å². The van der Waals surface area contributed by atoms with E-state index in [1.807, 2.05) is 48.5 Å². The Morgan fingerprint density at radius 1 is 0.824 bits per heavy atom. The number of benzene rings is 3. The number of rotatable bonds is 7. The molecule has 0 amide bonds. The lowest BCUT2D eigenvalue weighted by Gasteiger charge is -2.26. The second-order valence-electron chi connectivity index (χ2n) is 8.31. The number of phenols is 2. The number of likely N-dealkylation sites (tertiary alicyclic amines) is 1. The Hall–Kier alpha value is -2.93. The molecule has 2 N–H and O–H groups in total. The summed E-state index contributed by atoms with van der Waals surface area (Å²) in [5, 5.41) is 21.9. The molecule has 5 rings (SSSR count). The fourth-order valence-electron chi connectivity index (χ4n) is 4.16. The van der Waals surface area contributed by atoms with Crippen molar-refractivity contribution in [2.24, 2.45) is 0 Å². The van der Waals surface area contributed by atoms with E-state index >= 15 is 0 Å². The Labute approximate surface area is 209 Å². The van der Waals surface area contributed by atoms with Crippen molar-refractivity contribution in [3.05, 3.63) is 66.7 Å². The molecule has 1 aromatic heterocycles. The van der Waals surface area contributed by atoms with E-state index in [9.17, 15) is 10.2 Å². The normalized spacial score (nSPS) is 14.0. The summed E-state index contributed by atoms with van der Waals surface area (Å²) in [5.41, 5.74) is 0.627. The molecule has 0 saturated carbocycles. The molecule has 3 aromatic carbocycles. The Balaban J connectivity index is 0.00000274. The summed E-state index contributed by atoms with van der Waals surface area (Å²) in [6, 6.07) is 20.5. The van der Waals surface area contributed by atoms with Gasteiger partial charge in [-0.3, -0.25) is 4.90 Å². The highest BCUT2D eigenvalue weighted by molar-refractivity contribution is 7.22. The van der Waals surface area contributed by atoms with Crippen molar-refractivity contribution >= 4 is 33.8 Å². The maximum atomic E-state index is 10.4. The highest BCUT2D eigenvalue weighted by Crippen LogP contribution is 2.44. The summed E-state index contributed by atoms with van der Waals surface area (Å²) in [7, 11) is 0. The van der Waals surface area contributed by atoms with Crippen LogP contribution in [0.25, 0.3) is 20.5 Å². The van der Waals surface area contributed by atoms with Gasteiger partial charge in [-0.2, -0.15) is 0 Å². The summed E-state index contributed by atoms with van der Waals surface area (Å²) >= 11 is 1.59. The fourth-order valence-corrected chi connectivity index (χ4v) is 5.25. The molecule has 0 spiro atoms. The number of fused-ring (bicyclic) bond motifs is 1. The molecule has 0 radical (unpaired) electrons. The van der Waals surface area contributed by atoms with Crippen LogP contribution in [-0.2, 0) is 0 Å². The minimum absolute atomic E-state index is 0. The summed E-state index contributed by atoms with van der Waals surface area (Å²) in [6.45, 7) is 3.93. The Morgan fingerprint density at radius 3 is 2.32 bits per heavy atom. The first-order valence-electron chi connectivity index (χ1n) is 11.3. The van der Waals surface area contributed by atoms with Gasteiger partial charge in [-0.25, -0.2) is 0 Å². The number of thiophene rings is 1. The molecule has 0 bridgehead atoms. The minimum atomic E-state index is -0.112. The summed E-state index contributed by atoms with van der Waals surface area (Å²) in [5.74, 6) is 1.57. The predicted molar refractivity (Wildman–Crippen MR) is 140 cm³/mol. The number of hydrogen-bond acceptors (Lipinski definition) is 6. The van der Waals surface area contributed by atoms with Gasteiger partial charge in [0.1, 0.15) is 23.9 Å². The topological polar surface area (TPSA) is 62.2 Å². The van der Waals surface area contributed by atoms with E-state index in [0.29, 0.717) is 23.7 Å². The van der Waals surface area contributed by atoms with Crippen LogP contribution in [0.1, 0.15) is 19.3 Å². The molecule has 5 nitrogen and oxygen atoms in total. The van der Waals surface area contributed by atoms with Crippen molar-refractivity contribution in [3.8, 4) is 39.2 Å². The number of nitrogens with zero attached hydrogens (tertiary/aromatic N) is 1. The van der Waals surface area contributed by atoms with Gasteiger partial charge in [-0.15, -0.1) is 23.7 Å². The summed E-state index contributed by atoms with van der Waals surface area (Å²) in [4.78, 5) is 3.36.